The molecule has 10 nitrogen and oxygen atoms in total. The van der Waals surface area contributed by atoms with Gasteiger partial charge in [0.05, 0.1) is 29.7 Å². The first-order valence-electron chi connectivity index (χ1n) is 12.0. The van der Waals surface area contributed by atoms with Crippen molar-refractivity contribution in [2.24, 2.45) is 5.41 Å². The van der Waals surface area contributed by atoms with Crippen LogP contribution in [0.15, 0.2) is 41.3 Å². The first kappa shape index (κ1) is 29.2. The zero-order valence-corrected chi connectivity index (χ0v) is 22.4. The van der Waals surface area contributed by atoms with Gasteiger partial charge in [0.1, 0.15) is 11.9 Å². The molecule has 1 aliphatic carbocycles. The van der Waals surface area contributed by atoms with Crippen molar-refractivity contribution in [1.82, 2.24) is 0 Å². The summed E-state index contributed by atoms with van der Waals surface area (Å²) >= 11 is 0. The summed E-state index contributed by atoms with van der Waals surface area (Å²) in [6.45, 7) is 1.00. The van der Waals surface area contributed by atoms with E-state index < -0.39 is 51.2 Å². The van der Waals surface area contributed by atoms with Gasteiger partial charge in [0.25, 0.3) is 10.0 Å². The number of carbonyl (C=O) groups is 2. The van der Waals surface area contributed by atoms with E-state index in [9.17, 15) is 40.7 Å². The third-order valence-electron chi connectivity index (χ3n) is 6.80. The molecule has 0 saturated heterocycles. The van der Waals surface area contributed by atoms with E-state index in [1.54, 1.807) is 0 Å². The second kappa shape index (κ2) is 10.0. The van der Waals surface area contributed by atoms with Crippen LogP contribution in [0.5, 0.6) is 11.5 Å². The van der Waals surface area contributed by atoms with Crippen molar-refractivity contribution >= 4 is 33.5 Å². The number of anilines is 2. The number of rotatable bonds is 8. The normalized spacial score (nSPS) is 18.3. The molecule has 15 heteroatoms. The second-order valence-electron chi connectivity index (χ2n) is 10.1. The van der Waals surface area contributed by atoms with E-state index >= 15 is 0 Å². The zero-order valence-electron chi connectivity index (χ0n) is 21.5. The number of amides is 1. The average molecular weight is 591 g/mol. The van der Waals surface area contributed by atoms with Crippen molar-refractivity contribution in [3.63, 3.8) is 0 Å². The SMILES string of the molecule is COc1cc(S(=O)(=O)N2CC(CC3(C(=O)O)CC3)Oc3ccc(NC(=O)OC(C)(C)C(F)(F)F)cc32)ccc1F. The van der Waals surface area contributed by atoms with Gasteiger partial charge in [0.15, 0.2) is 11.6 Å². The van der Waals surface area contributed by atoms with Gasteiger partial charge in [-0.15, -0.1) is 0 Å². The molecule has 0 radical (unpaired) electrons. The molecule has 1 aliphatic heterocycles. The molecule has 1 saturated carbocycles. The molecule has 2 aromatic rings. The van der Waals surface area contributed by atoms with Gasteiger partial charge in [0, 0.05) is 18.2 Å². The number of alkyl halides is 3. The molecule has 4 rings (SSSR count). The highest BCUT2D eigenvalue weighted by atomic mass is 32.2. The van der Waals surface area contributed by atoms with Gasteiger partial charge in [-0.2, -0.15) is 13.2 Å². The summed E-state index contributed by atoms with van der Waals surface area (Å²) in [4.78, 5) is 23.6. The number of aliphatic carboxylic acids is 1. The Morgan fingerprint density at radius 3 is 2.42 bits per heavy atom. The van der Waals surface area contributed by atoms with Crippen LogP contribution >= 0.6 is 0 Å². The number of fused-ring (bicyclic) bond motifs is 1. The summed E-state index contributed by atoms with van der Waals surface area (Å²) in [6.07, 6.45) is -6.35. The number of hydrogen-bond donors (Lipinski definition) is 2. The Kier molecular flexibility index (Phi) is 7.32. The van der Waals surface area contributed by atoms with E-state index in [1.807, 2.05) is 0 Å². The third-order valence-corrected chi connectivity index (χ3v) is 8.58. The van der Waals surface area contributed by atoms with E-state index in [0.717, 1.165) is 35.7 Å². The van der Waals surface area contributed by atoms with Gasteiger partial charge in [-0.25, -0.2) is 17.6 Å². The van der Waals surface area contributed by atoms with E-state index in [1.165, 1.54) is 12.1 Å². The lowest BCUT2D eigenvalue weighted by atomic mass is 9.97. The van der Waals surface area contributed by atoms with Gasteiger partial charge >= 0.3 is 18.2 Å². The first-order chi connectivity index (χ1) is 18.5. The number of ether oxygens (including phenoxy) is 3. The van der Waals surface area contributed by atoms with Crippen molar-refractivity contribution in [3.05, 3.63) is 42.2 Å². The number of sulfonamides is 1. The van der Waals surface area contributed by atoms with Crippen LogP contribution in [0, 0.1) is 11.2 Å². The number of carbonyl (C=O) groups excluding carboxylic acids is 1. The molecular formula is C25H26F4N2O8S. The molecule has 0 aromatic heterocycles. The molecule has 1 fully saturated rings. The highest BCUT2D eigenvalue weighted by molar-refractivity contribution is 7.92. The molecule has 218 valence electrons. The summed E-state index contributed by atoms with van der Waals surface area (Å²) in [5.41, 5.74) is -4.05. The molecule has 1 heterocycles. The fourth-order valence-corrected chi connectivity index (χ4v) is 5.69. The van der Waals surface area contributed by atoms with Crippen LogP contribution in [0.2, 0.25) is 0 Å². The number of benzene rings is 2. The molecule has 1 atom stereocenters. The lowest BCUT2D eigenvalue weighted by Crippen LogP contribution is -2.45. The van der Waals surface area contributed by atoms with E-state index in [-0.39, 0.29) is 40.7 Å². The predicted molar refractivity (Wildman–Crippen MR) is 132 cm³/mol. The fraction of sp³-hybridized carbons (Fsp3) is 0.440. The molecule has 2 aromatic carbocycles. The van der Waals surface area contributed by atoms with Crippen molar-refractivity contribution in [1.29, 1.82) is 0 Å². The monoisotopic (exact) mass is 590 g/mol. The summed E-state index contributed by atoms with van der Waals surface area (Å²) in [6, 6.07) is 6.63. The standard InChI is InChI=1S/C25H26F4N2O8S/c1-23(2,25(27,28)29)39-22(34)30-14-4-7-19-18(10-14)31(13-15(38-19)12-24(8-9-24)21(32)33)40(35,36)16-5-6-17(26)20(11-16)37-3/h4-7,10-11,15H,8-9,12-13H2,1-3H3,(H,30,34)(H,32,33). The molecular weight excluding hydrogens is 564 g/mol. The van der Waals surface area contributed by atoms with E-state index in [2.05, 4.69) is 10.1 Å². The zero-order chi connectivity index (χ0) is 29.7. The van der Waals surface area contributed by atoms with Crippen molar-refractivity contribution in [3.8, 4) is 11.5 Å². The van der Waals surface area contributed by atoms with Gasteiger partial charge in [-0.3, -0.25) is 14.4 Å². The van der Waals surface area contributed by atoms with Gasteiger partial charge in [-0.1, -0.05) is 0 Å². The lowest BCUT2D eigenvalue weighted by molar-refractivity contribution is -0.242. The van der Waals surface area contributed by atoms with Crippen molar-refractivity contribution in [2.75, 3.05) is 23.3 Å². The van der Waals surface area contributed by atoms with Crippen molar-refractivity contribution < 1.29 is 54.9 Å². The number of carboxylic acid groups (broad SMARTS) is 1. The van der Waals surface area contributed by atoms with Crippen molar-refractivity contribution in [2.45, 2.75) is 55.9 Å². The van der Waals surface area contributed by atoms with Crippen LogP contribution in [-0.2, 0) is 19.6 Å². The predicted octanol–water partition coefficient (Wildman–Crippen LogP) is 4.93. The molecule has 1 amide bonds. The molecule has 2 aliphatic rings. The minimum absolute atomic E-state index is 0.0133. The smallest absolute Gasteiger partial charge is 0.427 e. The van der Waals surface area contributed by atoms with Crippen LogP contribution in [0.4, 0.5) is 33.7 Å². The highest BCUT2D eigenvalue weighted by Crippen LogP contribution is 2.51. The third kappa shape index (κ3) is 5.60. The minimum atomic E-state index is -4.85. The Morgan fingerprint density at radius 2 is 1.85 bits per heavy atom. The maximum atomic E-state index is 14.0. The maximum absolute atomic E-state index is 14.0. The lowest BCUT2D eigenvalue weighted by Gasteiger charge is -2.36. The first-order valence-corrected chi connectivity index (χ1v) is 13.4. The summed E-state index contributed by atoms with van der Waals surface area (Å²) in [7, 11) is -3.28. The quantitative estimate of drug-likeness (QED) is 0.414. The molecule has 1 unspecified atom stereocenters. The molecule has 40 heavy (non-hydrogen) atoms. The Bertz CT molecular complexity index is 1440. The summed E-state index contributed by atoms with van der Waals surface area (Å²) in [5.74, 6) is -2.14. The number of carboxylic acids is 1. The number of halogens is 4. The fourth-order valence-electron chi connectivity index (χ4n) is 4.18. The summed E-state index contributed by atoms with van der Waals surface area (Å²) in [5, 5.41) is 11.8. The molecule has 0 spiro atoms. The van der Waals surface area contributed by atoms with Crippen LogP contribution in [0.25, 0.3) is 0 Å². The Balaban J connectivity index is 1.70. The van der Waals surface area contributed by atoms with E-state index in [0.29, 0.717) is 26.7 Å². The maximum Gasteiger partial charge on any atom is 0.427 e. The molecule has 2 N–H and O–H groups in total. The second-order valence-corrected chi connectivity index (χ2v) is 11.9. The van der Waals surface area contributed by atoms with Crippen LogP contribution in [0.3, 0.4) is 0 Å². The summed E-state index contributed by atoms with van der Waals surface area (Å²) < 4.78 is 97.1. The average Bonchev–Trinajstić information content (AvgIpc) is 3.63. The Morgan fingerprint density at radius 1 is 1.18 bits per heavy atom. The Hall–Kier alpha value is -3.75. The van der Waals surface area contributed by atoms with Crippen LogP contribution in [0.1, 0.15) is 33.1 Å². The van der Waals surface area contributed by atoms with E-state index in [4.69, 9.17) is 9.47 Å². The van der Waals surface area contributed by atoms with Crippen LogP contribution < -0.4 is 19.1 Å². The van der Waals surface area contributed by atoms with Gasteiger partial charge in [-0.05, 0) is 57.0 Å². The Labute approximate surface area is 226 Å². The number of hydrogen-bond acceptors (Lipinski definition) is 7. The number of nitrogens with zero attached hydrogens (tertiary/aromatic N) is 1. The van der Waals surface area contributed by atoms with Gasteiger partial charge < -0.3 is 19.3 Å². The number of methoxy groups -OCH3 is 1. The topological polar surface area (TPSA) is 131 Å². The highest BCUT2D eigenvalue weighted by Gasteiger charge is 2.53. The van der Waals surface area contributed by atoms with Gasteiger partial charge in [0.2, 0.25) is 5.60 Å². The molecule has 0 bridgehead atoms. The minimum Gasteiger partial charge on any atom is -0.494 e. The number of nitrogens with one attached hydrogen (secondary N) is 1. The largest absolute Gasteiger partial charge is 0.494 e. The van der Waals surface area contributed by atoms with Crippen LogP contribution in [-0.4, -0.2) is 57.1 Å².